The van der Waals surface area contributed by atoms with Crippen molar-refractivity contribution in [1.82, 2.24) is 10.6 Å². The fourth-order valence-corrected chi connectivity index (χ4v) is 2.88. The van der Waals surface area contributed by atoms with Crippen molar-refractivity contribution < 1.29 is 9.53 Å². The third-order valence-corrected chi connectivity index (χ3v) is 4.38. The zero-order valence-corrected chi connectivity index (χ0v) is 13.2. The molecule has 0 spiro atoms. The number of hydrogen-bond donors (Lipinski definition) is 2. The zero-order valence-electron chi connectivity index (χ0n) is 13.2. The molecule has 0 aliphatic carbocycles. The monoisotopic (exact) mass is 290 g/mol. The lowest BCUT2D eigenvalue weighted by Crippen LogP contribution is -2.46. The summed E-state index contributed by atoms with van der Waals surface area (Å²) in [5.41, 5.74) is 2.03. The topological polar surface area (TPSA) is 50.4 Å². The molecule has 0 bridgehead atoms. The Kier molecular flexibility index (Phi) is 5.37. The maximum absolute atomic E-state index is 12.6. The van der Waals surface area contributed by atoms with Gasteiger partial charge >= 0.3 is 0 Å². The number of methoxy groups -OCH3 is 1. The molecule has 2 rings (SSSR count). The maximum atomic E-state index is 12.6. The zero-order chi connectivity index (χ0) is 15.3. The van der Waals surface area contributed by atoms with Crippen LogP contribution in [0.2, 0.25) is 0 Å². The summed E-state index contributed by atoms with van der Waals surface area (Å²) in [6.07, 6.45) is 1.86. The first-order valence-electron chi connectivity index (χ1n) is 7.71. The number of nitrogens with one attached hydrogen (secondary N) is 2. The van der Waals surface area contributed by atoms with Crippen LogP contribution in [-0.4, -0.2) is 32.7 Å². The van der Waals surface area contributed by atoms with E-state index in [1.54, 1.807) is 7.11 Å². The Labute approximate surface area is 127 Å². The second-order valence-corrected chi connectivity index (χ2v) is 5.93. The van der Waals surface area contributed by atoms with E-state index in [-0.39, 0.29) is 11.9 Å². The Morgan fingerprint density at radius 1 is 1.43 bits per heavy atom. The Morgan fingerprint density at radius 3 is 2.67 bits per heavy atom. The summed E-state index contributed by atoms with van der Waals surface area (Å²) in [5, 5.41) is 6.41. The quantitative estimate of drug-likeness (QED) is 0.843. The predicted molar refractivity (Wildman–Crippen MR) is 84.2 cm³/mol. The van der Waals surface area contributed by atoms with Crippen molar-refractivity contribution in [2.45, 2.75) is 32.7 Å². The van der Waals surface area contributed by atoms with Crippen LogP contribution in [-0.2, 0) is 16.0 Å². The summed E-state index contributed by atoms with van der Waals surface area (Å²) in [5.74, 6) is 0.0846. The summed E-state index contributed by atoms with van der Waals surface area (Å²) in [6.45, 7) is 6.20. The highest BCUT2D eigenvalue weighted by Gasteiger charge is 2.41. The Hall–Kier alpha value is -1.39. The lowest BCUT2D eigenvalue weighted by molar-refractivity contribution is -0.133. The molecule has 116 valence electrons. The minimum atomic E-state index is -0.424. The van der Waals surface area contributed by atoms with E-state index in [0.29, 0.717) is 13.2 Å². The SMILES string of the molecule is CCc1ccc(C(C)NC(=O)C2(COC)CCNC2)cc1. The summed E-state index contributed by atoms with van der Waals surface area (Å²) < 4.78 is 5.27. The summed E-state index contributed by atoms with van der Waals surface area (Å²) in [7, 11) is 1.65. The Bertz CT molecular complexity index is 464. The second-order valence-electron chi connectivity index (χ2n) is 5.93. The molecule has 21 heavy (non-hydrogen) atoms. The van der Waals surface area contributed by atoms with Gasteiger partial charge < -0.3 is 15.4 Å². The average molecular weight is 290 g/mol. The number of benzene rings is 1. The van der Waals surface area contributed by atoms with Crippen molar-refractivity contribution >= 4 is 5.91 Å². The molecule has 1 aliphatic rings. The molecule has 1 heterocycles. The van der Waals surface area contributed by atoms with Crippen LogP contribution in [0.4, 0.5) is 0 Å². The summed E-state index contributed by atoms with van der Waals surface area (Å²) >= 11 is 0. The van der Waals surface area contributed by atoms with Gasteiger partial charge in [0.1, 0.15) is 0 Å². The highest BCUT2D eigenvalue weighted by atomic mass is 16.5. The van der Waals surface area contributed by atoms with Crippen LogP contribution in [0.3, 0.4) is 0 Å². The third kappa shape index (κ3) is 3.63. The second kappa shape index (κ2) is 7.05. The average Bonchev–Trinajstić information content (AvgIpc) is 2.97. The third-order valence-electron chi connectivity index (χ3n) is 4.38. The van der Waals surface area contributed by atoms with Crippen LogP contribution in [0.15, 0.2) is 24.3 Å². The molecule has 0 aromatic heterocycles. The van der Waals surface area contributed by atoms with E-state index in [2.05, 4.69) is 41.8 Å². The largest absolute Gasteiger partial charge is 0.384 e. The molecule has 2 unspecified atom stereocenters. The Morgan fingerprint density at radius 2 is 2.14 bits per heavy atom. The number of rotatable bonds is 6. The first kappa shape index (κ1) is 16.0. The molecular formula is C17H26N2O2. The van der Waals surface area contributed by atoms with Gasteiger partial charge in [-0.25, -0.2) is 0 Å². The predicted octanol–water partition coefficient (Wildman–Crippen LogP) is 2.05. The molecule has 1 amide bonds. The molecular weight excluding hydrogens is 264 g/mol. The first-order chi connectivity index (χ1) is 10.1. The molecule has 2 atom stereocenters. The van der Waals surface area contributed by atoms with E-state index >= 15 is 0 Å². The smallest absolute Gasteiger partial charge is 0.230 e. The molecule has 4 heteroatoms. The van der Waals surface area contributed by atoms with Gasteiger partial charge in [-0.2, -0.15) is 0 Å². The summed E-state index contributed by atoms with van der Waals surface area (Å²) in [6, 6.07) is 8.46. The fourth-order valence-electron chi connectivity index (χ4n) is 2.88. The number of aryl methyl sites for hydroxylation is 1. The molecule has 4 nitrogen and oxygen atoms in total. The molecule has 0 saturated carbocycles. The van der Waals surface area contributed by atoms with Gasteiger partial charge in [-0.3, -0.25) is 4.79 Å². The van der Waals surface area contributed by atoms with Crippen LogP contribution in [0.5, 0.6) is 0 Å². The van der Waals surface area contributed by atoms with Gasteiger partial charge in [-0.05, 0) is 37.4 Å². The van der Waals surface area contributed by atoms with Crippen LogP contribution >= 0.6 is 0 Å². The van der Waals surface area contributed by atoms with E-state index in [4.69, 9.17) is 4.74 Å². The number of hydrogen-bond acceptors (Lipinski definition) is 3. The minimum absolute atomic E-state index is 0.0118. The standard InChI is InChI=1S/C17H26N2O2/c1-4-14-5-7-15(8-6-14)13(2)19-16(20)17(12-21-3)9-10-18-11-17/h5-8,13,18H,4,9-12H2,1-3H3,(H,19,20). The lowest BCUT2D eigenvalue weighted by Gasteiger charge is -2.28. The van der Waals surface area contributed by atoms with E-state index in [1.165, 1.54) is 5.56 Å². The molecule has 1 saturated heterocycles. The van der Waals surface area contributed by atoms with Gasteiger partial charge in [0, 0.05) is 13.7 Å². The fraction of sp³-hybridized carbons (Fsp3) is 0.588. The van der Waals surface area contributed by atoms with Crippen LogP contribution in [0, 0.1) is 5.41 Å². The van der Waals surface area contributed by atoms with Crippen molar-refractivity contribution in [3.63, 3.8) is 0 Å². The molecule has 0 radical (unpaired) electrons. The van der Waals surface area contributed by atoms with E-state index in [1.807, 2.05) is 6.92 Å². The van der Waals surface area contributed by atoms with Gasteiger partial charge in [0.2, 0.25) is 5.91 Å². The van der Waals surface area contributed by atoms with Crippen LogP contribution in [0.1, 0.15) is 37.4 Å². The van der Waals surface area contributed by atoms with E-state index in [0.717, 1.165) is 24.9 Å². The molecule has 1 fully saturated rings. The molecule has 1 aromatic rings. The molecule has 1 aliphatic heterocycles. The highest BCUT2D eigenvalue weighted by molar-refractivity contribution is 5.83. The Balaban J connectivity index is 2.03. The van der Waals surface area contributed by atoms with Crippen molar-refractivity contribution in [1.29, 1.82) is 0 Å². The number of amides is 1. The minimum Gasteiger partial charge on any atom is -0.384 e. The van der Waals surface area contributed by atoms with Gasteiger partial charge in [-0.1, -0.05) is 31.2 Å². The molecule has 2 N–H and O–H groups in total. The van der Waals surface area contributed by atoms with E-state index < -0.39 is 5.41 Å². The number of ether oxygens (including phenoxy) is 1. The van der Waals surface area contributed by atoms with Crippen molar-refractivity contribution in [3.05, 3.63) is 35.4 Å². The van der Waals surface area contributed by atoms with Crippen LogP contribution in [0.25, 0.3) is 0 Å². The van der Waals surface area contributed by atoms with Crippen molar-refractivity contribution in [3.8, 4) is 0 Å². The summed E-state index contributed by atoms with van der Waals surface area (Å²) in [4.78, 5) is 12.6. The van der Waals surface area contributed by atoms with E-state index in [9.17, 15) is 4.79 Å². The maximum Gasteiger partial charge on any atom is 0.230 e. The van der Waals surface area contributed by atoms with Gasteiger partial charge in [-0.15, -0.1) is 0 Å². The van der Waals surface area contributed by atoms with Crippen molar-refractivity contribution in [2.75, 3.05) is 26.8 Å². The van der Waals surface area contributed by atoms with Gasteiger partial charge in [0.15, 0.2) is 0 Å². The number of carbonyl (C=O) groups is 1. The molecule has 1 aromatic carbocycles. The number of carbonyl (C=O) groups excluding carboxylic acids is 1. The van der Waals surface area contributed by atoms with Gasteiger partial charge in [0.05, 0.1) is 18.1 Å². The van der Waals surface area contributed by atoms with Crippen LogP contribution < -0.4 is 10.6 Å². The lowest BCUT2D eigenvalue weighted by atomic mass is 9.86. The first-order valence-corrected chi connectivity index (χ1v) is 7.71. The normalized spacial score (nSPS) is 23.0. The van der Waals surface area contributed by atoms with Gasteiger partial charge in [0.25, 0.3) is 0 Å². The van der Waals surface area contributed by atoms with Crippen molar-refractivity contribution in [2.24, 2.45) is 5.41 Å². The highest BCUT2D eigenvalue weighted by Crippen LogP contribution is 2.27.